The number of piperidine rings is 1. The van der Waals surface area contributed by atoms with Crippen LogP contribution in [0.5, 0.6) is 5.88 Å². The fraction of sp³-hybridized carbons (Fsp3) is 0.643. The Balaban J connectivity index is 2.22. The van der Waals surface area contributed by atoms with Crippen LogP contribution in [0.4, 0.5) is 5.95 Å². The lowest BCUT2D eigenvalue weighted by Crippen LogP contribution is -2.48. The molecule has 0 spiro atoms. The highest BCUT2D eigenvalue weighted by Gasteiger charge is 2.42. The molecule has 0 aromatic carbocycles. The zero-order valence-electron chi connectivity index (χ0n) is 12.0. The molecule has 0 radical (unpaired) electrons. The Hall–Kier alpha value is -1.85. The summed E-state index contributed by atoms with van der Waals surface area (Å²) in [5, 5.41) is 9.59. The van der Waals surface area contributed by atoms with Crippen LogP contribution in [0, 0.1) is 5.41 Å². The average molecular weight is 279 g/mol. The largest absolute Gasteiger partial charge is 0.481 e. The molecule has 1 aromatic rings. The van der Waals surface area contributed by atoms with Gasteiger partial charge in [-0.1, -0.05) is 13.3 Å². The van der Waals surface area contributed by atoms with E-state index in [0.29, 0.717) is 24.8 Å². The van der Waals surface area contributed by atoms with Gasteiger partial charge in [-0.3, -0.25) is 4.79 Å². The van der Waals surface area contributed by atoms with Crippen LogP contribution in [0.2, 0.25) is 0 Å². The van der Waals surface area contributed by atoms with Crippen LogP contribution in [0.25, 0.3) is 0 Å². The number of aliphatic carboxylic acids is 1. The van der Waals surface area contributed by atoms with E-state index in [1.54, 1.807) is 19.4 Å². The Morgan fingerprint density at radius 1 is 1.60 bits per heavy atom. The van der Waals surface area contributed by atoms with Gasteiger partial charge in [-0.25, -0.2) is 4.98 Å². The van der Waals surface area contributed by atoms with Crippen LogP contribution >= 0.6 is 0 Å². The van der Waals surface area contributed by atoms with Crippen molar-refractivity contribution < 1.29 is 14.6 Å². The normalized spacial score (nSPS) is 22.6. The molecule has 1 saturated heterocycles. The number of carbonyl (C=O) groups is 1. The number of ether oxygens (including phenoxy) is 1. The van der Waals surface area contributed by atoms with Gasteiger partial charge in [0.1, 0.15) is 0 Å². The summed E-state index contributed by atoms with van der Waals surface area (Å²) in [5.41, 5.74) is -0.681. The van der Waals surface area contributed by atoms with Gasteiger partial charge < -0.3 is 14.7 Å². The van der Waals surface area contributed by atoms with Crippen molar-refractivity contribution >= 4 is 11.9 Å². The summed E-state index contributed by atoms with van der Waals surface area (Å²) in [6.45, 7) is 3.26. The van der Waals surface area contributed by atoms with Crippen molar-refractivity contribution in [3.05, 3.63) is 12.3 Å². The zero-order chi connectivity index (χ0) is 14.6. The highest BCUT2D eigenvalue weighted by Crippen LogP contribution is 2.36. The van der Waals surface area contributed by atoms with Crippen molar-refractivity contribution in [2.24, 2.45) is 5.41 Å². The van der Waals surface area contributed by atoms with Crippen LogP contribution < -0.4 is 9.64 Å². The monoisotopic (exact) mass is 279 g/mol. The Labute approximate surface area is 118 Å². The fourth-order valence-electron chi connectivity index (χ4n) is 2.87. The van der Waals surface area contributed by atoms with Crippen LogP contribution in [0.15, 0.2) is 12.3 Å². The second-order valence-corrected chi connectivity index (χ2v) is 5.26. The molecule has 1 N–H and O–H groups in total. The van der Waals surface area contributed by atoms with Gasteiger partial charge in [0.25, 0.3) is 0 Å². The van der Waals surface area contributed by atoms with E-state index in [2.05, 4.69) is 9.97 Å². The van der Waals surface area contributed by atoms with Gasteiger partial charge in [-0.15, -0.1) is 0 Å². The first-order valence-corrected chi connectivity index (χ1v) is 6.96. The quantitative estimate of drug-likeness (QED) is 0.888. The van der Waals surface area contributed by atoms with E-state index in [1.165, 1.54) is 0 Å². The Bertz CT molecular complexity index is 476. The topological polar surface area (TPSA) is 75.5 Å². The minimum atomic E-state index is -0.716. The van der Waals surface area contributed by atoms with Crippen molar-refractivity contribution in [1.29, 1.82) is 0 Å². The van der Waals surface area contributed by atoms with Crippen molar-refractivity contribution in [1.82, 2.24) is 9.97 Å². The first-order chi connectivity index (χ1) is 9.61. The molecule has 110 valence electrons. The molecule has 0 aliphatic carbocycles. The maximum absolute atomic E-state index is 11.7. The minimum absolute atomic E-state index is 0.462. The Kier molecular flexibility index (Phi) is 4.42. The number of hydrogen-bond acceptors (Lipinski definition) is 5. The molecule has 1 aliphatic heterocycles. The summed E-state index contributed by atoms with van der Waals surface area (Å²) in [6.07, 6.45) is 4.74. The number of rotatable bonds is 5. The lowest BCUT2D eigenvalue weighted by molar-refractivity contribution is -0.150. The van der Waals surface area contributed by atoms with Crippen LogP contribution in [-0.4, -0.2) is 41.2 Å². The molecule has 1 fully saturated rings. The van der Waals surface area contributed by atoms with Crippen molar-refractivity contribution in [2.45, 2.75) is 32.6 Å². The summed E-state index contributed by atoms with van der Waals surface area (Å²) in [6, 6.07) is 1.68. The van der Waals surface area contributed by atoms with Crippen molar-refractivity contribution in [3.63, 3.8) is 0 Å². The van der Waals surface area contributed by atoms with E-state index >= 15 is 0 Å². The van der Waals surface area contributed by atoms with Crippen LogP contribution in [-0.2, 0) is 4.79 Å². The van der Waals surface area contributed by atoms with E-state index in [0.717, 1.165) is 25.8 Å². The smallest absolute Gasteiger partial charge is 0.311 e. The first kappa shape index (κ1) is 14.6. The van der Waals surface area contributed by atoms with Gasteiger partial charge in [0.05, 0.1) is 12.5 Å². The second kappa shape index (κ2) is 6.07. The number of carboxylic acid groups (broad SMARTS) is 1. The molecule has 1 unspecified atom stereocenters. The highest BCUT2D eigenvalue weighted by molar-refractivity contribution is 5.75. The molecule has 20 heavy (non-hydrogen) atoms. The summed E-state index contributed by atoms with van der Waals surface area (Å²) >= 11 is 0. The van der Waals surface area contributed by atoms with E-state index in [9.17, 15) is 9.90 Å². The fourth-order valence-corrected chi connectivity index (χ4v) is 2.87. The third-order valence-corrected chi connectivity index (χ3v) is 3.87. The lowest BCUT2D eigenvalue weighted by Gasteiger charge is -2.39. The molecule has 6 nitrogen and oxygen atoms in total. The predicted octanol–water partition coefficient (Wildman–Crippen LogP) is 1.96. The molecule has 2 rings (SSSR count). The molecule has 0 saturated carbocycles. The number of methoxy groups -OCH3 is 1. The third-order valence-electron chi connectivity index (χ3n) is 3.87. The molecule has 6 heteroatoms. The number of anilines is 1. The summed E-state index contributed by atoms with van der Waals surface area (Å²) < 4.78 is 5.10. The molecule has 1 aromatic heterocycles. The van der Waals surface area contributed by atoms with Crippen molar-refractivity contribution in [2.75, 3.05) is 25.1 Å². The first-order valence-electron chi connectivity index (χ1n) is 6.96. The number of nitrogens with zero attached hydrogens (tertiary/aromatic N) is 3. The zero-order valence-corrected chi connectivity index (χ0v) is 12.0. The maximum Gasteiger partial charge on any atom is 0.311 e. The molecule has 2 heterocycles. The van der Waals surface area contributed by atoms with Gasteiger partial charge in [-0.05, 0) is 19.3 Å². The summed E-state index contributed by atoms with van der Waals surface area (Å²) in [5.74, 6) is 0.328. The van der Waals surface area contributed by atoms with Gasteiger partial charge in [0.2, 0.25) is 11.8 Å². The molecular formula is C14H21N3O3. The van der Waals surface area contributed by atoms with E-state index < -0.39 is 11.4 Å². The molecule has 0 amide bonds. The minimum Gasteiger partial charge on any atom is -0.481 e. The van der Waals surface area contributed by atoms with E-state index in [4.69, 9.17) is 4.74 Å². The number of hydrogen-bond donors (Lipinski definition) is 1. The highest BCUT2D eigenvalue weighted by atomic mass is 16.5. The standard InChI is InChI=1S/C14H21N3O3/c1-3-6-14(12(18)19)7-4-9-17(10-14)13-15-8-5-11(16-13)20-2/h5,8H,3-4,6-7,9-10H2,1-2H3,(H,18,19). The predicted molar refractivity (Wildman–Crippen MR) is 75.0 cm³/mol. The SMILES string of the molecule is CCCC1(C(=O)O)CCCN(c2nccc(OC)n2)C1. The van der Waals surface area contributed by atoms with Gasteiger partial charge >= 0.3 is 5.97 Å². The van der Waals surface area contributed by atoms with Crippen LogP contribution in [0.3, 0.4) is 0 Å². The lowest BCUT2D eigenvalue weighted by atomic mass is 9.76. The third kappa shape index (κ3) is 2.84. The Morgan fingerprint density at radius 2 is 2.40 bits per heavy atom. The maximum atomic E-state index is 11.7. The molecule has 0 bridgehead atoms. The molecule has 1 aliphatic rings. The number of aromatic nitrogens is 2. The molecular weight excluding hydrogens is 258 g/mol. The van der Waals surface area contributed by atoms with Crippen molar-refractivity contribution in [3.8, 4) is 5.88 Å². The van der Waals surface area contributed by atoms with Crippen LogP contribution in [0.1, 0.15) is 32.6 Å². The van der Waals surface area contributed by atoms with Gasteiger partial charge in [0, 0.05) is 25.4 Å². The van der Waals surface area contributed by atoms with Gasteiger partial charge in [0.15, 0.2) is 0 Å². The van der Waals surface area contributed by atoms with E-state index in [1.807, 2.05) is 11.8 Å². The van der Waals surface area contributed by atoms with E-state index in [-0.39, 0.29) is 0 Å². The average Bonchev–Trinajstić information content (AvgIpc) is 2.48. The summed E-state index contributed by atoms with van der Waals surface area (Å²) in [7, 11) is 1.56. The Morgan fingerprint density at radius 3 is 3.05 bits per heavy atom. The summed E-state index contributed by atoms with van der Waals surface area (Å²) in [4.78, 5) is 22.2. The molecule has 1 atom stereocenters. The number of carboxylic acids is 1. The second-order valence-electron chi connectivity index (χ2n) is 5.26. The van der Waals surface area contributed by atoms with Gasteiger partial charge in [-0.2, -0.15) is 4.98 Å².